The van der Waals surface area contributed by atoms with E-state index in [4.69, 9.17) is 0 Å². The number of ketones is 4. The van der Waals surface area contributed by atoms with Gasteiger partial charge in [0.05, 0.1) is 0 Å². The SMILES string of the molecule is CCN(CC)CC.O=C(/C=C(\[O-])C(F)(F)F)C(F)(F)F.O=C(/C=C(\[O-])C(F)(F)F)C(F)(F)F.O=C(/C=C(\[O-])C(F)(F)F)C(F)(F)F.O=C(/C=C(\[O-])C(F)(F)F)C(F)(F)F.[Y+3]. The Labute approximate surface area is 342 Å². The number of halogens is 24. The van der Waals surface area contributed by atoms with E-state index in [1.54, 1.807) is 0 Å². The van der Waals surface area contributed by atoms with Crippen LogP contribution in [0.15, 0.2) is 47.3 Å². The maximum atomic E-state index is 11.3. The van der Waals surface area contributed by atoms with Crippen molar-refractivity contribution in [2.24, 2.45) is 0 Å². The standard InChI is InChI=1S/C6H15N.4C5H2F6O2.Y/c1-4-7(5-2)6-3;4*6-4(7,8)2(12)1-3(13)5(9,10)11;/h4-6H2,1-3H3;4*1,12H;/q;;;;;+3/p-4/b;4*2-1-;. The first-order valence-electron chi connectivity index (χ1n) is 13.5. The van der Waals surface area contributed by atoms with E-state index in [2.05, 4.69) is 25.7 Å². The predicted octanol–water partition coefficient (Wildman–Crippen LogP) is 5.04. The Balaban J connectivity index is -0.000000153. The van der Waals surface area contributed by atoms with Crippen molar-refractivity contribution in [1.82, 2.24) is 4.90 Å². The Morgan fingerprint density at radius 2 is 0.450 bits per heavy atom. The number of rotatable bonds is 7. The molecule has 0 saturated carbocycles. The molecule has 0 aliphatic carbocycles. The molecule has 9 nitrogen and oxygen atoms in total. The molecular weight excluding hydrogens is 999 g/mol. The molecule has 60 heavy (non-hydrogen) atoms. The number of carbonyl (C=O) groups excluding carboxylic acids is 4. The van der Waals surface area contributed by atoms with Crippen LogP contribution in [0, 0.1) is 0 Å². The van der Waals surface area contributed by atoms with E-state index in [0.29, 0.717) is 0 Å². The largest absolute Gasteiger partial charge is 3.00 e. The van der Waals surface area contributed by atoms with Crippen LogP contribution >= 0.6 is 0 Å². The molecule has 0 N–H and O–H groups in total. The van der Waals surface area contributed by atoms with Gasteiger partial charge in [0, 0.05) is 0 Å². The van der Waals surface area contributed by atoms with Gasteiger partial charge in [0.1, 0.15) is 0 Å². The smallest absolute Gasteiger partial charge is 0.869 e. The topological polar surface area (TPSA) is 164 Å². The van der Waals surface area contributed by atoms with E-state index in [0.717, 1.165) is 0 Å². The first kappa shape index (κ1) is 68.0. The number of hydrogen-bond acceptors (Lipinski definition) is 9. The Hall–Kier alpha value is -3.78. The summed E-state index contributed by atoms with van der Waals surface area (Å²) in [4.78, 5) is 41.7. The second kappa shape index (κ2) is 26.5. The fraction of sp³-hybridized carbons (Fsp3) is 0.538. The molecule has 0 rings (SSSR count). The summed E-state index contributed by atoms with van der Waals surface area (Å²) in [6.45, 7) is 10.1. The Bertz CT molecular complexity index is 1260. The molecule has 0 amide bonds. The zero-order chi connectivity index (χ0) is 49.1. The van der Waals surface area contributed by atoms with Crippen molar-refractivity contribution >= 4 is 23.1 Å². The van der Waals surface area contributed by atoms with Crippen LogP contribution in [0.2, 0.25) is 0 Å². The summed E-state index contributed by atoms with van der Waals surface area (Å²) in [5, 5.41) is 39.3. The van der Waals surface area contributed by atoms with E-state index in [1.165, 1.54) is 19.6 Å². The molecule has 0 bridgehead atoms. The van der Waals surface area contributed by atoms with E-state index >= 15 is 0 Å². The Kier molecular flexibility index (Phi) is 30.1. The van der Waals surface area contributed by atoms with Crippen LogP contribution in [0.4, 0.5) is 105 Å². The van der Waals surface area contributed by atoms with Crippen LogP contribution in [0.25, 0.3) is 0 Å². The van der Waals surface area contributed by atoms with Crippen LogP contribution in [0.3, 0.4) is 0 Å². The molecule has 0 heterocycles. The average molecular weight is 1020 g/mol. The van der Waals surface area contributed by atoms with Gasteiger partial charge in [-0.05, 0) is 67.0 Å². The van der Waals surface area contributed by atoms with Crippen molar-refractivity contribution in [3.05, 3.63) is 47.3 Å². The van der Waals surface area contributed by atoms with Crippen molar-refractivity contribution in [1.29, 1.82) is 0 Å². The summed E-state index contributed by atoms with van der Waals surface area (Å²) >= 11 is 0. The van der Waals surface area contributed by atoms with Gasteiger partial charge in [0.25, 0.3) is 23.1 Å². The summed E-state index contributed by atoms with van der Waals surface area (Å²) in [5.74, 6) is -22.6. The fourth-order valence-corrected chi connectivity index (χ4v) is 1.80. The second-order valence-corrected chi connectivity index (χ2v) is 9.09. The van der Waals surface area contributed by atoms with E-state index in [-0.39, 0.29) is 32.7 Å². The fourth-order valence-electron chi connectivity index (χ4n) is 1.80. The molecular formula is C26H19F24NO8Y-. The second-order valence-electron chi connectivity index (χ2n) is 9.09. The molecule has 348 valence electrons. The molecule has 0 aromatic heterocycles. The number of carbonyl (C=O) groups is 4. The summed E-state index contributed by atoms with van der Waals surface area (Å²) in [6.07, 6.45) is -47.8. The van der Waals surface area contributed by atoms with E-state index in [9.17, 15) is 145 Å². The Morgan fingerprint density at radius 1 is 0.333 bits per heavy atom. The average Bonchev–Trinajstić information content (AvgIpc) is 2.99. The summed E-state index contributed by atoms with van der Waals surface area (Å²) < 4.78 is 271. The van der Waals surface area contributed by atoms with Crippen LogP contribution in [-0.2, 0) is 51.9 Å². The predicted molar refractivity (Wildman–Crippen MR) is 134 cm³/mol. The molecule has 0 atom stereocenters. The molecule has 0 aliphatic heterocycles. The Morgan fingerprint density at radius 3 is 0.500 bits per heavy atom. The van der Waals surface area contributed by atoms with Gasteiger partial charge in [-0.3, -0.25) is 19.2 Å². The van der Waals surface area contributed by atoms with Gasteiger partial charge in [-0.25, -0.2) is 0 Å². The minimum Gasteiger partial charge on any atom is -0.869 e. The van der Waals surface area contributed by atoms with Crippen LogP contribution in [-0.4, -0.2) is 97.1 Å². The molecule has 0 saturated heterocycles. The van der Waals surface area contributed by atoms with Gasteiger partial charge in [0.15, 0.2) is 0 Å². The molecule has 0 spiro atoms. The van der Waals surface area contributed by atoms with Gasteiger partial charge in [0.2, 0.25) is 0 Å². The van der Waals surface area contributed by atoms with E-state index in [1.807, 2.05) is 0 Å². The van der Waals surface area contributed by atoms with Crippen LogP contribution < -0.4 is 20.4 Å². The van der Waals surface area contributed by atoms with Gasteiger partial charge in [-0.2, -0.15) is 105 Å². The van der Waals surface area contributed by atoms with Crippen molar-refractivity contribution in [2.75, 3.05) is 19.6 Å². The normalized spacial score (nSPS) is 13.7. The zero-order valence-corrected chi connectivity index (χ0v) is 31.6. The molecule has 0 radical (unpaired) electrons. The third kappa shape index (κ3) is 35.0. The van der Waals surface area contributed by atoms with Crippen LogP contribution in [0.5, 0.6) is 0 Å². The van der Waals surface area contributed by atoms with Crippen molar-refractivity contribution in [3.63, 3.8) is 0 Å². The minimum absolute atomic E-state index is 0. The zero-order valence-electron chi connectivity index (χ0n) is 28.8. The van der Waals surface area contributed by atoms with Gasteiger partial charge >= 0.3 is 82.1 Å². The maximum Gasteiger partial charge on any atom is 3.00 e. The molecule has 0 aromatic carbocycles. The monoisotopic (exact) mass is 1020 g/mol. The first-order valence-corrected chi connectivity index (χ1v) is 13.5. The summed E-state index contributed by atoms with van der Waals surface area (Å²) in [5.41, 5.74) is 0. The summed E-state index contributed by atoms with van der Waals surface area (Å²) in [6, 6.07) is 0. The molecule has 34 heteroatoms. The number of alkyl halides is 24. The molecule has 0 fully saturated rings. The van der Waals surface area contributed by atoms with Gasteiger partial charge < -0.3 is 25.3 Å². The third-order valence-electron chi connectivity index (χ3n) is 4.63. The van der Waals surface area contributed by atoms with Crippen molar-refractivity contribution < 1.29 is 178 Å². The van der Waals surface area contributed by atoms with Gasteiger partial charge in [-0.15, -0.1) is 0 Å². The van der Waals surface area contributed by atoms with Gasteiger partial charge in [-0.1, -0.05) is 20.8 Å². The third-order valence-corrected chi connectivity index (χ3v) is 4.63. The van der Waals surface area contributed by atoms with Crippen molar-refractivity contribution in [3.8, 4) is 0 Å². The number of nitrogens with zero attached hydrogens (tertiary/aromatic N) is 1. The minimum atomic E-state index is -5.46. The summed E-state index contributed by atoms with van der Waals surface area (Å²) in [7, 11) is 0. The molecule has 0 unspecified atom stereocenters. The van der Waals surface area contributed by atoms with E-state index < -0.39 is 120 Å². The maximum absolute atomic E-state index is 11.3. The molecule has 0 aromatic rings. The number of allylic oxidation sites excluding steroid dienone is 8. The first-order chi connectivity index (χ1) is 25.5. The quantitative estimate of drug-likeness (QED) is 0.193. The van der Waals surface area contributed by atoms with Crippen LogP contribution in [0.1, 0.15) is 20.8 Å². The molecule has 0 aliphatic rings. The number of hydrogen-bond donors (Lipinski definition) is 0. The van der Waals surface area contributed by atoms with Crippen molar-refractivity contribution in [2.45, 2.75) is 70.2 Å².